The minimum atomic E-state index is -0.0527. The number of hydrogen-bond donors (Lipinski definition) is 1. The Labute approximate surface area is 156 Å². The predicted molar refractivity (Wildman–Crippen MR) is 102 cm³/mol. The number of nitrogens with zero attached hydrogens (tertiary/aromatic N) is 3. The van der Waals surface area contributed by atoms with Gasteiger partial charge in [-0.1, -0.05) is 41.6 Å². The van der Waals surface area contributed by atoms with Gasteiger partial charge in [-0.15, -0.1) is 11.3 Å². The number of carbonyl (C=O) groups is 1. The molecule has 1 N–H and O–H groups in total. The maximum absolute atomic E-state index is 12.4. The third-order valence-electron chi connectivity index (χ3n) is 3.86. The van der Waals surface area contributed by atoms with E-state index in [1.807, 2.05) is 61.9 Å². The van der Waals surface area contributed by atoms with Gasteiger partial charge in [-0.05, 0) is 31.1 Å². The number of aryl methyl sites for hydroxylation is 1. The van der Waals surface area contributed by atoms with E-state index >= 15 is 0 Å². The van der Waals surface area contributed by atoms with Gasteiger partial charge in [0.1, 0.15) is 0 Å². The summed E-state index contributed by atoms with van der Waals surface area (Å²) in [6.07, 6.45) is 0.733. The van der Waals surface area contributed by atoms with Gasteiger partial charge < -0.3 is 14.7 Å². The van der Waals surface area contributed by atoms with Crippen molar-refractivity contribution in [2.45, 2.75) is 18.9 Å². The fraction of sp³-hybridized carbons (Fsp3) is 0.316. The molecule has 3 rings (SSSR count). The average Bonchev–Trinajstić information content (AvgIpc) is 3.31. The van der Waals surface area contributed by atoms with E-state index in [-0.39, 0.29) is 11.9 Å². The largest absolute Gasteiger partial charge is 0.348 e. The SMILES string of the molecule is CN(C)C[C@H](NC(=O)CCc1nc(-c2cccs2)no1)c1ccccc1. The summed E-state index contributed by atoms with van der Waals surface area (Å²) >= 11 is 1.56. The van der Waals surface area contributed by atoms with Crippen LogP contribution < -0.4 is 5.32 Å². The Hall–Kier alpha value is -2.51. The molecule has 26 heavy (non-hydrogen) atoms. The lowest BCUT2D eigenvalue weighted by atomic mass is 10.1. The van der Waals surface area contributed by atoms with E-state index in [1.54, 1.807) is 11.3 Å². The number of benzene rings is 1. The van der Waals surface area contributed by atoms with Gasteiger partial charge in [0.05, 0.1) is 10.9 Å². The van der Waals surface area contributed by atoms with Crippen molar-refractivity contribution in [3.05, 3.63) is 59.3 Å². The highest BCUT2D eigenvalue weighted by Crippen LogP contribution is 2.21. The zero-order valence-corrected chi connectivity index (χ0v) is 15.7. The topological polar surface area (TPSA) is 71.3 Å². The van der Waals surface area contributed by atoms with Gasteiger partial charge in [-0.3, -0.25) is 4.79 Å². The van der Waals surface area contributed by atoms with Gasteiger partial charge in [0.25, 0.3) is 0 Å². The molecule has 0 aliphatic heterocycles. The molecule has 0 radical (unpaired) electrons. The predicted octanol–water partition coefficient (Wildman–Crippen LogP) is 3.15. The average molecular weight is 370 g/mol. The highest BCUT2D eigenvalue weighted by molar-refractivity contribution is 7.13. The van der Waals surface area contributed by atoms with Crippen molar-refractivity contribution < 1.29 is 9.32 Å². The van der Waals surface area contributed by atoms with Crippen LogP contribution in [0.3, 0.4) is 0 Å². The molecule has 0 aliphatic carbocycles. The smallest absolute Gasteiger partial charge is 0.227 e. The normalized spacial score (nSPS) is 12.3. The molecular weight excluding hydrogens is 348 g/mol. The minimum absolute atomic E-state index is 0.0309. The summed E-state index contributed by atoms with van der Waals surface area (Å²) in [5.41, 5.74) is 1.09. The quantitative estimate of drug-likeness (QED) is 0.659. The molecule has 0 aliphatic rings. The maximum atomic E-state index is 12.4. The Morgan fingerprint density at radius 1 is 1.23 bits per heavy atom. The molecule has 0 saturated heterocycles. The van der Waals surface area contributed by atoms with Gasteiger partial charge in [0.15, 0.2) is 0 Å². The molecule has 0 unspecified atom stereocenters. The summed E-state index contributed by atoms with van der Waals surface area (Å²) < 4.78 is 5.25. The van der Waals surface area contributed by atoms with Gasteiger partial charge >= 0.3 is 0 Å². The first-order valence-corrected chi connectivity index (χ1v) is 9.35. The first-order valence-electron chi connectivity index (χ1n) is 8.47. The van der Waals surface area contributed by atoms with Crippen molar-refractivity contribution in [3.63, 3.8) is 0 Å². The van der Waals surface area contributed by atoms with Crippen LogP contribution in [0.15, 0.2) is 52.4 Å². The Bertz CT molecular complexity index is 815. The molecule has 0 bridgehead atoms. The van der Waals surface area contributed by atoms with E-state index in [9.17, 15) is 4.79 Å². The maximum Gasteiger partial charge on any atom is 0.227 e. The van der Waals surface area contributed by atoms with Crippen LogP contribution in [0.2, 0.25) is 0 Å². The van der Waals surface area contributed by atoms with Crippen LogP contribution in [-0.2, 0) is 11.2 Å². The lowest BCUT2D eigenvalue weighted by Gasteiger charge is -2.22. The second kappa shape index (κ2) is 8.73. The van der Waals surface area contributed by atoms with Crippen LogP contribution in [0.5, 0.6) is 0 Å². The van der Waals surface area contributed by atoms with Gasteiger partial charge in [0, 0.05) is 19.4 Å². The number of carbonyl (C=O) groups excluding carboxylic acids is 1. The van der Waals surface area contributed by atoms with E-state index in [1.165, 1.54) is 0 Å². The molecule has 0 fully saturated rings. The van der Waals surface area contributed by atoms with Crippen molar-refractivity contribution in [1.82, 2.24) is 20.4 Å². The third kappa shape index (κ3) is 5.00. The summed E-state index contributed by atoms with van der Waals surface area (Å²) in [5, 5.41) is 9.04. The highest BCUT2D eigenvalue weighted by Gasteiger charge is 2.17. The minimum Gasteiger partial charge on any atom is -0.348 e. The zero-order valence-electron chi connectivity index (χ0n) is 14.9. The molecule has 6 nitrogen and oxygen atoms in total. The van der Waals surface area contributed by atoms with E-state index in [0.29, 0.717) is 24.6 Å². The van der Waals surface area contributed by atoms with Crippen molar-refractivity contribution in [2.75, 3.05) is 20.6 Å². The summed E-state index contributed by atoms with van der Waals surface area (Å²) in [6.45, 7) is 0.735. The van der Waals surface area contributed by atoms with Crippen molar-refractivity contribution in [2.24, 2.45) is 0 Å². The lowest BCUT2D eigenvalue weighted by molar-refractivity contribution is -0.122. The van der Waals surface area contributed by atoms with Crippen molar-refractivity contribution in [3.8, 4) is 10.7 Å². The molecule has 0 saturated carbocycles. The molecule has 2 aromatic heterocycles. The second-order valence-corrected chi connectivity index (χ2v) is 7.23. The summed E-state index contributed by atoms with van der Waals surface area (Å²) in [4.78, 5) is 19.8. The molecular formula is C19H22N4O2S. The van der Waals surface area contributed by atoms with Crippen LogP contribution in [0, 0.1) is 0 Å². The number of hydrogen-bond acceptors (Lipinski definition) is 6. The molecule has 7 heteroatoms. The number of nitrogens with one attached hydrogen (secondary N) is 1. The molecule has 1 aromatic carbocycles. The van der Waals surface area contributed by atoms with Crippen LogP contribution in [0.25, 0.3) is 10.7 Å². The first kappa shape index (κ1) is 18.3. The number of amides is 1. The van der Waals surface area contributed by atoms with Crippen LogP contribution >= 0.6 is 11.3 Å². The zero-order chi connectivity index (χ0) is 18.4. The number of likely N-dealkylation sites (N-methyl/N-ethyl adjacent to an activating group) is 1. The van der Waals surface area contributed by atoms with E-state index in [2.05, 4.69) is 20.4 Å². The lowest BCUT2D eigenvalue weighted by Crippen LogP contribution is -2.35. The van der Waals surface area contributed by atoms with Crippen LogP contribution in [0.1, 0.15) is 23.9 Å². The fourth-order valence-electron chi connectivity index (χ4n) is 2.63. The molecule has 1 amide bonds. The second-order valence-electron chi connectivity index (χ2n) is 6.28. The number of thiophene rings is 1. The summed E-state index contributed by atoms with van der Waals surface area (Å²) in [6, 6.07) is 13.8. The highest BCUT2D eigenvalue weighted by atomic mass is 32.1. The Kier molecular flexibility index (Phi) is 6.14. The molecule has 1 atom stereocenters. The molecule has 0 spiro atoms. The van der Waals surface area contributed by atoms with E-state index < -0.39 is 0 Å². The van der Waals surface area contributed by atoms with E-state index in [0.717, 1.165) is 17.0 Å². The molecule has 2 heterocycles. The van der Waals surface area contributed by atoms with Crippen LogP contribution in [-0.4, -0.2) is 41.6 Å². The van der Waals surface area contributed by atoms with Crippen LogP contribution in [0.4, 0.5) is 0 Å². The van der Waals surface area contributed by atoms with E-state index in [4.69, 9.17) is 4.52 Å². The fourth-order valence-corrected chi connectivity index (χ4v) is 3.28. The molecule has 3 aromatic rings. The van der Waals surface area contributed by atoms with Gasteiger partial charge in [0.2, 0.25) is 17.6 Å². The van der Waals surface area contributed by atoms with Gasteiger partial charge in [-0.2, -0.15) is 4.98 Å². The number of aromatic nitrogens is 2. The summed E-state index contributed by atoms with van der Waals surface area (Å²) in [7, 11) is 3.99. The van der Waals surface area contributed by atoms with Crippen molar-refractivity contribution in [1.29, 1.82) is 0 Å². The Morgan fingerprint density at radius 3 is 2.73 bits per heavy atom. The third-order valence-corrected chi connectivity index (χ3v) is 4.73. The first-order chi connectivity index (χ1) is 12.6. The standard InChI is InChI=1S/C19H22N4O2S/c1-23(2)13-15(14-7-4-3-5-8-14)20-17(24)10-11-18-21-19(22-25-18)16-9-6-12-26-16/h3-9,12,15H,10-11,13H2,1-2H3,(H,20,24)/t15-/m0/s1. The molecule has 136 valence electrons. The van der Waals surface area contributed by atoms with Gasteiger partial charge in [-0.25, -0.2) is 0 Å². The Morgan fingerprint density at radius 2 is 2.04 bits per heavy atom. The summed E-state index contributed by atoms with van der Waals surface area (Å²) in [5.74, 6) is 1.02. The Balaban J connectivity index is 1.57. The monoisotopic (exact) mass is 370 g/mol. The van der Waals surface area contributed by atoms with Crippen molar-refractivity contribution >= 4 is 17.2 Å². The number of rotatable bonds is 8.